The molecule has 0 aliphatic heterocycles. The molecule has 4 aromatic rings. The quantitative estimate of drug-likeness (QED) is 0.337. The lowest BCUT2D eigenvalue weighted by molar-refractivity contribution is -0.137. The Balaban J connectivity index is 1.45. The van der Waals surface area contributed by atoms with Gasteiger partial charge in [-0.25, -0.2) is 9.78 Å². The number of carbonyl (C=O) groups excluding carboxylic acids is 1. The van der Waals surface area contributed by atoms with Crippen LogP contribution in [0.3, 0.4) is 0 Å². The third-order valence-electron chi connectivity index (χ3n) is 4.19. The molecule has 31 heavy (non-hydrogen) atoms. The second-order valence-corrected chi connectivity index (χ2v) is 6.36. The van der Waals surface area contributed by atoms with Crippen molar-refractivity contribution in [3.05, 3.63) is 66.6 Å². The van der Waals surface area contributed by atoms with Crippen molar-refractivity contribution < 1.29 is 27.8 Å². The first-order chi connectivity index (χ1) is 14.8. The smallest absolute Gasteiger partial charge is 0.416 e. The molecule has 0 bridgehead atoms. The normalized spacial score (nSPS) is 11.3. The summed E-state index contributed by atoms with van der Waals surface area (Å²) in [7, 11) is 0. The number of hydrogen-bond donors (Lipinski definition) is 4. The van der Waals surface area contributed by atoms with Crippen molar-refractivity contribution in [2.24, 2.45) is 0 Å². The number of amides is 2. The summed E-state index contributed by atoms with van der Waals surface area (Å²) >= 11 is 0. The number of carbonyl (C=O) groups is 1. The Morgan fingerprint density at radius 3 is 2.68 bits per heavy atom. The van der Waals surface area contributed by atoms with Crippen LogP contribution < -0.4 is 15.4 Å². The number of benzene rings is 2. The molecule has 2 heterocycles. The van der Waals surface area contributed by atoms with Crippen molar-refractivity contribution in [3.63, 3.8) is 0 Å². The fourth-order valence-corrected chi connectivity index (χ4v) is 2.78. The number of nitrogens with zero attached hydrogens (tertiary/aromatic N) is 2. The zero-order chi connectivity index (χ0) is 22.0. The van der Waals surface area contributed by atoms with E-state index < -0.39 is 17.8 Å². The number of hydrogen-bond acceptors (Lipinski definition) is 5. The van der Waals surface area contributed by atoms with E-state index in [-0.39, 0.29) is 28.8 Å². The SMILES string of the molecule is O=C(Nc1cccc(C(F)(F)F)c1)Nc1ccc(Oc2ncnc3cc[nH]c23)cc1O. The molecule has 0 spiro atoms. The molecule has 2 amide bonds. The Bertz CT molecular complexity index is 1260. The second kappa shape index (κ2) is 7.86. The lowest BCUT2D eigenvalue weighted by atomic mass is 10.2. The zero-order valence-corrected chi connectivity index (χ0v) is 15.6. The molecule has 4 rings (SSSR count). The average molecular weight is 429 g/mol. The van der Waals surface area contributed by atoms with Crippen molar-refractivity contribution in [1.82, 2.24) is 15.0 Å². The number of alkyl halides is 3. The second-order valence-electron chi connectivity index (χ2n) is 6.36. The van der Waals surface area contributed by atoms with E-state index in [0.717, 1.165) is 12.1 Å². The molecule has 2 aromatic heterocycles. The molecule has 0 atom stereocenters. The van der Waals surface area contributed by atoms with Crippen molar-refractivity contribution in [3.8, 4) is 17.4 Å². The highest BCUT2D eigenvalue weighted by molar-refractivity contribution is 6.00. The minimum Gasteiger partial charge on any atom is -0.506 e. The van der Waals surface area contributed by atoms with Gasteiger partial charge in [0.25, 0.3) is 0 Å². The van der Waals surface area contributed by atoms with Crippen LogP contribution in [0.4, 0.5) is 29.3 Å². The number of aromatic nitrogens is 3. The lowest BCUT2D eigenvalue weighted by Gasteiger charge is -2.12. The van der Waals surface area contributed by atoms with Gasteiger partial charge in [0.2, 0.25) is 5.88 Å². The van der Waals surface area contributed by atoms with Gasteiger partial charge in [-0.05, 0) is 36.4 Å². The number of phenols is 1. The number of fused-ring (bicyclic) bond motifs is 1. The number of H-pyrrole nitrogens is 1. The van der Waals surface area contributed by atoms with Crippen LogP contribution in [-0.4, -0.2) is 26.1 Å². The number of rotatable bonds is 4. The molecule has 0 radical (unpaired) electrons. The first-order valence-electron chi connectivity index (χ1n) is 8.84. The van der Waals surface area contributed by atoms with Crippen molar-refractivity contribution in [2.75, 3.05) is 10.6 Å². The van der Waals surface area contributed by atoms with E-state index in [0.29, 0.717) is 11.0 Å². The van der Waals surface area contributed by atoms with Gasteiger partial charge in [-0.2, -0.15) is 18.2 Å². The van der Waals surface area contributed by atoms with Gasteiger partial charge in [0.05, 0.1) is 16.8 Å². The molecule has 0 saturated carbocycles. The fourth-order valence-electron chi connectivity index (χ4n) is 2.78. The Kier molecular flexibility index (Phi) is 5.07. The van der Waals surface area contributed by atoms with Gasteiger partial charge >= 0.3 is 12.2 Å². The van der Waals surface area contributed by atoms with Gasteiger partial charge in [-0.3, -0.25) is 0 Å². The largest absolute Gasteiger partial charge is 0.506 e. The molecule has 11 heteroatoms. The molecule has 4 N–H and O–H groups in total. The van der Waals surface area contributed by atoms with E-state index in [2.05, 4.69) is 25.6 Å². The van der Waals surface area contributed by atoms with Crippen molar-refractivity contribution in [1.29, 1.82) is 0 Å². The van der Waals surface area contributed by atoms with Crippen LogP contribution >= 0.6 is 0 Å². The molecule has 0 aliphatic rings. The predicted molar refractivity (Wildman–Crippen MR) is 106 cm³/mol. The van der Waals surface area contributed by atoms with Crippen LogP contribution in [0.1, 0.15) is 5.56 Å². The summed E-state index contributed by atoms with van der Waals surface area (Å²) in [5.41, 5.74) is 0.314. The van der Waals surface area contributed by atoms with Gasteiger partial charge in [0.15, 0.2) is 0 Å². The summed E-state index contributed by atoms with van der Waals surface area (Å²) in [6, 6.07) is 9.23. The van der Waals surface area contributed by atoms with E-state index in [4.69, 9.17) is 4.74 Å². The molecule has 0 aliphatic carbocycles. The minimum absolute atomic E-state index is 0.0320. The number of nitrogens with one attached hydrogen (secondary N) is 3. The van der Waals surface area contributed by atoms with Crippen LogP contribution in [0.2, 0.25) is 0 Å². The average Bonchev–Trinajstić information content (AvgIpc) is 3.19. The van der Waals surface area contributed by atoms with Crippen molar-refractivity contribution in [2.45, 2.75) is 6.18 Å². The molecular formula is C20H14F3N5O3. The number of ether oxygens (including phenoxy) is 1. The summed E-state index contributed by atoms with van der Waals surface area (Å²) in [4.78, 5) is 23.2. The maximum atomic E-state index is 12.8. The van der Waals surface area contributed by atoms with E-state index in [9.17, 15) is 23.1 Å². The van der Waals surface area contributed by atoms with Crippen LogP contribution in [0.15, 0.2) is 61.1 Å². The molecule has 8 nitrogen and oxygen atoms in total. The number of aromatic amines is 1. The number of halogens is 3. The Morgan fingerprint density at radius 2 is 1.90 bits per heavy atom. The number of anilines is 2. The number of phenolic OH excluding ortho intramolecular Hbond substituents is 1. The highest BCUT2D eigenvalue weighted by Gasteiger charge is 2.30. The fraction of sp³-hybridized carbons (Fsp3) is 0.0500. The summed E-state index contributed by atoms with van der Waals surface area (Å²) < 4.78 is 44.0. The highest BCUT2D eigenvalue weighted by Crippen LogP contribution is 2.33. The van der Waals surface area contributed by atoms with Gasteiger partial charge in [-0.1, -0.05) is 6.07 Å². The van der Waals surface area contributed by atoms with Gasteiger partial charge in [0, 0.05) is 18.0 Å². The van der Waals surface area contributed by atoms with E-state index >= 15 is 0 Å². The first kappa shape index (κ1) is 20.0. The summed E-state index contributed by atoms with van der Waals surface area (Å²) in [5.74, 6) is 0.182. The molecule has 0 unspecified atom stereocenters. The lowest BCUT2D eigenvalue weighted by Crippen LogP contribution is -2.19. The maximum Gasteiger partial charge on any atom is 0.416 e. The number of urea groups is 1. The van der Waals surface area contributed by atoms with Crippen LogP contribution in [0.5, 0.6) is 17.4 Å². The standard InChI is InChI=1S/C20H14F3N5O3/c21-20(22,23)11-2-1-3-12(8-11)27-19(30)28-14-5-4-13(9-16(14)29)31-18-17-15(6-7-24-17)25-10-26-18/h1-10,24,29H,(H2,27,28,30). The molecule has 0 fully saturated rings. The van der Waals surface area contributed by atoms with Gasteiger partial charge in [-0.15, -0.1) is 0 Å². The Hall–Kier alpha value is -4.28. The first-order valence-corrected chi connectivity index (χ1v) is 8.84. The summed E-state index contributed by atoms with van der Waals surface area (Å²) in [6.07, 6.45) is -1.52. The van der Waals surface area contributed by atoms with Crippen molar-refractivity contribution >= 4 is 28.4 Å². The predicted octanol–water partition coefficient (Wildman–Crippen LogP) is 5.12. The number of aromatic hydroxyl groups is 1. The molecule has 158 valence electrons. The van der Waals surface area contributed by atoms with Crippen LogP contribution in [0.25, 0.3) is 11.0 Å². The van der Waals surface area contributed by atoms with Crippen LogP contribution in [0, 0.1) is 0 Å². The minimum atomic E-state index is -4.53. The van der Waals surface area contributed by atoms with Gasteiger partial charge in [0.1, 0.15) is 23.3 Å². The maximum absolute atomic E-state index is 12.8. The third-order valence-corrected chi connectivity index (χ3v) is 4.19. The molecule has 0 saturated heterocycles. The topological polar surface area (TPSA) is 112 Å². The zero-order valence-electron chi connectivity index (χ0n) is 15.6. The Morgan fingerprint density at radius 1 is 1.06 bits per heavy atom. The van der Waals surface area contributed by atoms with Gasteiger partial charge < -0.3 is 25.5 Å². The summed E-state index contributed by atoms with van der Waals surface area (Å²) in [5, 5.41) is 14.8. The molecule has 2 aromatic carbocycles. The monoisotopic (exact) mass is 429 g/mol. The highest BCUT2D eigenvalue weighted by atomic mass is 19.4. The Labute approximate surface area is 172 Å². The van der Waals surface area contributed by atoms with E-state index in [1.165, 1.54) is 36.7 Å². The van der Waals surface area contributed by atoms with Crippen LogP contribution in [-0.2, 0) is 6.18 Å². The molecular weight excluding hydrogens is 415 g/mol. The summed E-state index contributed by atoms with van der Waals surface area (Å²) in [6.45, 7) is 0. The van der Waals surface area contributed by atoms with E-state index in [1.54, 1.807) is 12.3 Å². The third kappa shape index (κ3) is 4.50. The van der Waals surface area contributed by atoms with E-state index in [1.807, 2.05) is 0 Å².